The summed E-state index contributed by atoms with van der Waals surface area (Å²) in [5, 5.41) is 4.41. The number of amides is 1. The van der Waals surface area contributed by atoms with E-state index in [0.29, 0.717) is 12.1 Å². The van der Waals surface area contributed by atoms with Gasteiger partial charge in [-0.15, -0.1) is 0 Å². The predicted molar refractivity (Wildman–Crippen MR) is 104 cm³/mol. The first-order valence-corrected chi connectivity index (χ1v) is 8.61. The van der Waals surface area contributed by atoms with Gasteiger partial charge in [0.25, 0.3) is 5.91 Å². The highest BCUT2D eigenvalue weighted by Gasteiger charge is 2.14. The molecule has 1 heterocycles. The average molecular weight is 348 g/mol. The van der Waals surface area contributed by atoms with Crippen LogP contribution in [0.4, 0.5) is 5.69 Å². The van der Waals surface area contributed by atoms with E-state index in [1.807, 2.05) is 85.6 Å². The van der Waals surface area contributed by atoms with Gasteiger partial charge in [0.15, 0.2) is 0 Å². The van der Waals surface area contributed by atoms with Gasteiger partial charge in [0.05, 0.1) is 12.7 Å². The van der Waals surface area contributed by atoms with Crippen molar-refractivity contribution in [2.75, 3.05) is 26.0 Å². The van der Waals surface area contributed by atoms with Crippen LogP contribution in [0.1, 0.15) is 21.5 Å². The summed E-state index contributed by atoms with van der Waals surface area (Å²) in [6.45, 7) is 1.25. The van der Waals surface area contributed by atoms with Crippen molar-refractivity contribution < 1.29 is 4.79 Å². The van der Waals surface area contributed by atoms with Gasteiger partial charge in [0.2, 0.25) is 0 Å². The van der Waals surface area contributed by atoms with Crippen LogP contribution in [0.5, 0.6) is 0 Å². The second kappa shape index (κ2) is 7.87. The third-order valence-electron chi connectivity index (χ3n) is 4.25. The SMILES string of the molecule is CN(Cc1cnn(Cc2ccccc2)c1)C(=O)c1cccc(N(C)C)c1. The third kappa shape index (κ3) is 4.30. The topological polar surface area (TPSA) is 41.4 Å². The Kier molecular flexibility index (Phi) is 5.37. The van der Waals surface area contributed by atoms with Crippen molar-refractivity contribution >= 4 is 11.6 Å². The summed E-state index contributed by atoms with van der Waals surface area (Å²) < 4.78 is 1.90. The Balaban J connectivity index is 1.65. The van der Waals surface area contributed by atoms with Crippen LogP contribution < -0.4 is 4.90 Å². The Bertz CT molecular complexity index is 870. The van der Waals surface area contributed by atoms with E-state index in [0.717, 1.165) is 17.8 Å². The van der Waals surface area contributed by atoms with Crippen LogP contribution in [-0.4, -0.2) is 41.7 Å². The highest BCUT2D eigenvalue weighted by atomic mass is 16.2. The molecular weight excluding hydrogens is 324 g/mol. The summed E-state index contributed by atoms with van der Waals surface area (Å²) in [5.41, 5.74) is 3.92. The van der Waals surface area contributed by atoms with Gasteiger partial charge in [-0.2, -0.15) is 5.10 Å². The Morgan fingerprint density at radius 2 is 1.77 bits per heavy atom. The molecule has 0 aliphatic rings. The molecular formula is C21H24N4O. The van der Waals surface area contributed by atoms with Gasteiger partial charge in [0.1, 0.15) is 0 Å². The number of rotatable bonds is 6. The molecule has 0 atom stereocenters. The van der Waals surface area contributed by atoms with Gasteiger partial charge in [-0.05, 0) is 23.8 Å². The normalized spacial score (nSPS) is 10.6. The largest absolute Gasteiger partial charge is 0.378 e. The number of carbonyl (C=O) groups is 1. The summed E-state index contributed by atoms with van der Waals surface area (Å²) in [7, 11) is 5.75. The lowest BCUT2D eigenvalue weighted by Crippen LogP contribution is -2.26. The van der Waals surface area contributed by atoms with Gasteiger partial charge in [0, 0.05) is 50.7 Å². The van der Waals surface area contributed by atoms with Gasteiger partial charge in [-0.3, -0.25) is 9.48 Å². The van der Waals surface area contributed by atoms with Crippen LogP contribution in [0.3, 0.4) is 0 Å². The van der Waals surface area contributed by atoms with Gasteiger partial charge < -0.3 is 9.80 Å². The zero-order valence-corrected chi connectivity index (χ0v) is 15.5. The smallest absolute Gasteiger partial charge is 0.253 e. The summed E-state index contributed by atoms with van der Waals surface area (Å²) in [5.74, 6) is 0.00418. The first-order valence-electron chi connectivity index (χ1n) is 8.61. The lowest BCUT2D eigenvalue weighted by molar-refractivity contribution is 0.0785. The maximum Gasteiger partial charge on any atom is 0.253 e. The molecule has 0 spiro atoms. The average Bonchev–Trinajstić information content (AvgIpc) is 3.08. The molecule has 0 fully saturated rings. The number of anilines is 1. The maximum absolute atomic E-state index is 12.7. The van der Waals surface area contributed by atoms with Crippen LogP contribution in [0.15, 0.2) is 67.0 Å². The number of benzene rings is 2. The van der Waals surface area contributed by atoms with Crippen molar-refractivity contribution in [1.82, 2.24) is 14.7 Å². The minimum atomic E-state index is 0.00418. The fourth-order valence-corrected chi connectivity index (χ4v) is 2.83. The Hall–Kier alpha value is -3.08. The quantitative estimate of drug-likeness (QED) is 0.686. The minimum absolute atomic E-state index is 0.00418. The maximum atomic E-state index is 12.7. The molecule has 3 aromatic rings. The number of carbonyl (C=O) groups excluding carboxylic acids is 1. The van der Waals surface area contributed by atoms with Crippen molar-refractivity contribution in [3.05, 3.63) is 83.7 Å². The fraction of sp³-hybridized carbons (Fsp3) is 0.238. The second-order valence-electron chi connectivity index (χ2n) is 6.64. The van der Waals surface area contributed by atoms with Crippen molar-refractivity contribution in [3.8, 4) is 0 Å². The molecule has 134 valence electrons. The van der Waals surface area contributed by atoms with E-state index in [-0.39, 0.29) is 5.91 Å². The molecule has 0 aliphatic carbocycles. The van der Waals surface area contributed by atoms with E-state index in [1.165, 1.54) is 5.56 Å². The highest BCUT2D eigenvalue weighted by Crippen LogP contribution is 2.16. The summed E-state index contributed by atoms with van der Waals surface area (Å²) in [6.07, 6.45) is 3.82. The Morgan fingerprint density at radius 3 is 2.50 bits per heavy atom. The molecule has 2 aromatic carbocycles. The third-order valence-corrected chi connectivity index (χ3v) is 4.25. The number of hydrogen-bond acceptors (Lipinski definition) is 3. The Morgan fingerprint density at radius 1 is 1.00 bits per heavy atom. The molecule has 0 radical (unpaired) electrons. The lowest BCUT2D eigenvalue weighted by atomic mass is 10.1. The van der Waals surface area contributed by atoms with Crippen LogP contribution in [-0.2, 0) is 13.1 Å². The second-order valence-corrected chi connectivity index (χ2v) is 6.64. The first-order chi connectivity index (χ1) is 12.5. The van der Waals surface area contributed by atoms with Gasteiger partial charge >= 0.3 is 0 Å². The van der Waals surface area contributed by atoms with Gasteiger partial charge in [-0.25, -0.2) is 0 Å². The van der Waals surface area contributed by atoms with Gasteiger partial charge in [-0.1, -0.05) is 36.4 Å². The van der Waals surface area contributed by atoms with E-state index < -0.39 is 0 Å². The summed E-state index contributed by atoms with van der Waals surface area (Å²) in [6, 6.07) is 17.9. The molecule has 0 saturated heterocycles. The van der Waals surface area contributed by atoms with E-state index >= 15 is 0 Å². The van der Waals surface area contributed by atoms with Crippen LogP contribution in [0, 0.1) is 0 Å². The van der Waals surface area contributed by atoms with Crippen LogP contribution in [0.25, 0.3) is 0 Å². The lowest BCUT2D eigenvalue weighted by Gasteiger charge is -2.18. The first kappa shape index (κ1) is 17.7. The standard InChI is InChI=1S/C21H24N4O/c1-23(2)20-11-7-10-19(12-20)21(26)24(3)14-18-13-22-25(16-18)15-17-8-5-4-6-9-17/h4-13,16H,14-15H2,1-3H3. The molecule has 0 N–H and O–H groups in total. The highest BCUT2D eigenvalue weighted by molar-refractivity contribution is 5.95. The zero-order valence-electron chi connectivity index (χ0n) is 15.5. The molecule has 5 heteroatoms. The summed E-state index contributed by atoms with van der Waals surface area (Å²) in [4.78, 5) is 16.4. The van der Waals surface area contributed by atoms with E-state index in [4.69, 9.17) is 0 Å². The number of hydrogen-bond donors (Lipinski definition) is 0. The fourth-order valence-electron chi connectivity index (χ4n) is 2.83. The summed E-state index contributed by atoms with van der Waals surface area (Å²) >= 11 is 0. The van der Waals surface area contributed by atoms with Crippen LogP contribution in [0.2, 0.25) is 0 Å². The van der Waals surface area contributed by atoms with E-state index in [1.54, 1.807) is 4.90 Å². The molecule has 5 nitrogen and oxygen atoms in total. The number of aromatic nitrogens is 2. The zero-order chi connectivity index (χ0) is 18.5. The van der Waals surface area contributed by atoms with Crippen molar-refractivity contribution in [2.24, 2.45) is 0 Å². The molecule has 3 rings (SSSR count). The molecule has 0 aliphatic heterocycles. The van der Waals surface area contributed by atoms with Crippen molar-refractivity contribution in [1.29, 1.82) is 0 Å². The Labute approximate surface area is 154 Å². The van der Waals surface area contributed by atoms with Crippen molar-refractivity contribution in [2.45, 2.75) is 13.1 Å². The van der Waals surface area contributed by atoms with Crippen LogP contribution >= 0.6 is 0 Å². The predicted octanol–water partition coefficient (Wildman–Crippen LogP) is 3.27. The monoisotopic (exact) mass is 348 g/mol. The van der Waals surface area contributed by atoms with Crippen molar-refractivity contribution in [3.63, 3.8) is 0 Å². The molecule has 1 amide bonds. The van der Waals surface area contributed by atoms with E-state index in [9.17, 15) is 4.79 Å². The molecule has 0 bridgehead atoms. The molecule has 1 aromatic heterocycles. The number of nitrogens with zero attached hydrogens (tertiary/aromatic N) is 4. The minimum Gasteiger partial charge on any atom is -0.378 e. The molecule has 0 unspecified atom stereocenters. The molecule has 26 heavy (non-hydrogen) atoms. The van der Waals surface area contributed by atoms with E-state index in [2.05, 4.69) is 17.2 Å². The molecule has 0 saturated carbocycles.